The van der Waals surface area contributed by atoms with Crippen LogP contribution < -0.4 is 8.92 Å². The largest absolute Gasteiger partial charge is 0.534 e. The number of fused-ring (bicyclic) bond motifs is 1. The van der Waals surface area contributed by atoms with Crippen LogP contribution in [0.4, 0.5) is 17.6 Å². The van der Waals surface area contributed by atoms with Gasteiger partial charge in [-0.3, -0.25) is 0 Å². The number of ether oxygens (including phenoxy) is 1. The van der Waals surface area contributed by atoms with Gasteiger partial charge in [-0.2, -0.15) is 21.6 Å². The Morgan fingerprint density at radius 3 is 2.09 bits per heavy atom. The van der Waals surface area contributed by atoms with Crippen LogP contribution in [0.1, 0.15) is 11.4 Å². The molecule has 6 nitrogen and oxygen atoms in total. The van der Waals surface area contributed by atoms with E-state index in [0.29, 0.717) is 29.2 Å². The molecule has 0 saturated heterocycles. The Bertz CT molecular complexity index is 1400. The van der Waals surface area contributed by atoms with Gasteiger partial charge >= 0.3 is 15.6 Å². The Morgan fingerprint density at radius 2 is 1.48 bits per heavy atom. The summed E-state index contributed by atoms with van der Waals surface area (Å²) in [6, 6.07) is 16.5. The van der Waals surface area contributed by atoms with Crippen LogP contribution in [0.3, 0.4) is 0 Å². The molecule has 4 rings (SSSR count). The van der Waals surface area contributed by atoms with Gasteiger partial charge < -0.3 is 13.5 Å². The normalized spacial score (nSPS) is 12.2. The number of rotatable bonds is 6. The van der Waals surface area contributed by atoms with Crippen LogP contribution in [0.5, 0.6) is 17.2 Å². The van der Waals surface area contributed by atoms with Crippen molar-refractivity contribution in [2.45, 2.75) is 19.0 Å². The molecule has 0 spiro atoms. The summed E-state index contributed by atoms with van der Waals surface area (Å²) in [6.45, 7) is 2.26. The zero-order valence-corrected chi connectivity index (χ0v) is 17.8. The average molecular weight is 480 g/mol. The number of imidazole rings is 1. The molecule has 0 bridgehead atoms. The van der Waals surface area contributed by atoms with Crippen molar-refractivity contribution >= 4 is 21.2 Å². The van der Waals surface area contributed by atoms with Crippen molar-refractivity contribution in [3.8, 4) is 17.2 Å². The summed E-state index contributed by atoms with van der Waals surface area (Å²) < 4.78 is 84.8. The quantitative estimate of drug-likeness (QED) is 0.206. The summed E-state index contributed by atoms with van der Waals surface area (Å²) in [6.07, 6.45) is 0. The Hall–Kier alpha value is -3.60. The molecular weight excluding hydrogens is 464 g/mol. The van der Waals surface area contributed by atoms with Gasteiger partial charge in [0.25, 0.3) is 0 Å². The van der Waals surface area contributed by atoms with Gasteiger partial charge in [0.2, 0.25) is 0 Å². The molecule has 0 aliphatic rings. The molecule has 1 heterocycles. The first-order valence-corrected chi connectivity index (χ1v) is 10.9. The van der Waals surface area contributed by atoms with E-state index in [-0.39, 0.29) is 11.6 Å². The highest BCUT2D eigenvalue weighted by atomic mass is 32.2. The second-order valence-corrected chi connectivity index (χ2v) is 8.59. The van der Waals surface area contributed by atoms with Gasteiger partial charge in [-0.1, -0.05) is 18.2 Å². The summed E-state index contributed by atoms with van der Waals surface area (Å²) in [5.74, 6) is 0.519. The Morgan fingerprint density at radius 1 is 0.909 bits per heavy atom. The maximum absolute atomic E-state index is 14.0. The number of aromatic nitrogens is 2. The van der Waals surface area contributed by atoms with E-state index in [9.17, 15) is 26.0 Å². The summed E-state index contributed by atoms with van der Waals surface area (Å²) >= 11 is 0. The van der Waals surface area contributed by atoms with Gasteiger partial charge in [-0.05, 0) is 61.0 Å². The topological polar surface area (TPSA) is 70.4 Å². The molecule has 0 aliphatic heterocycles. The smallest absolute Gasteiger partial charge is 0.457 e. The molecule has 3 aromatic carbocycles. The second-order valence-electron chi connectivity index (χ2n) is 7.05. The highest BCUT2D eigenvalue weighted by Crippen LogP contribution is 2.29. The minimum atomic E-state index is -5.74. The van der Waals surface area contributed by atoms with Gasteiger partial charge in [0, 0.05) is 6.54 Å². The molecule has 0 N–H and O–H groups in total. The van der Waals surface area contributed by atoms with Crippen LogP contribution in [0.25, 0.3) is 11.0 Å². The van der Waals surface area contributed by atoms with Crippen molar-refractivity contribution in [3.05, 3.63) is 83.9 Å². The zero-order chi connectivity index (χ0) is 23.8. The molecule has 0 aliphatic carbocycles. The van der Waals surface area contributed by atoms with Crippen molar-refractivity contribution in [3.63, 3.8) is 0 Å². The molecule has 33 heavy (non-hydrogen) atoms. The summed E-state index contributed by atoms with van der Waals surface area (Å²) in [5.41, 5.74) is -3.61. The minimum Gasteiger partial charge on any atom is -0.457 e. The van der Waals surface area contributed by atoms with E-state index in [4.69, 9.17) is 4.74 Å². The Labute approximate surface area is 186 Å². The van der Waals surface area contributed by atoms with Crippen LogP contribution in [0.2, 0.25) is 0 Å². The molecule has 172 valence electrons. The van der Waals surface area contributed by atoms with E-state index in [2.05, 4.69) is 9.17 Å². The van der Waals surface area contributed by atoms with Gasteiger partial charge in [0.15, 0.2) is 5.82 Å². The number of hydrogen-bond donors (Lipinski definition) is 0. The van der Waals surface area contributed by atoms with Crippen LogP contribution in [-0.4, -0.2) is 23.5 Å². The number of aryl methyl sites for hydroxylation is 1. The van der Waals surface area contributed by atoms with E-state index in [1.807, 2.05) is 16.7 Å². The third-order valence-electron chi connectivity index (χ3n) is 4.73. The predicted octanol–water partition coefficient (Wildman–Crippen LogP) is 5.55. The van der Waals surface area contributed by atoms with E-state index in [1.54, 1.807) is 31.2 Å². The van der Waals surface area contributed by atoms with Crippen molar-refractivity contribution in [2.75, 3.05) is 0 Å². The van der Waals surface area contributed by atoms with Gasteiger partial charge in [0.1, 0.15) is 28.6 Å². The highest BCUT2D eigenvalue weighted by molar-refractivity contribution is 7.88. The van der Waals surface area contributed by atoms with Crippen LogP contribution in [-0.2, 0) is 16.7 Å². The number of nitrogens with zero attached hydrogens (tertiary/aromatic N) is 2. The number of para-hydroxylation sites is 1. The first-order valence-electron chi connectivity index (χ1n) is 9.52. The van der Waals surface area contributed by atoms with Crippen molar-refractivity contribution in [2.24, 2.45) is 0 Å². The molecular formula is C22H16F4N2O4S. The van der Waals surface area contributed by atoms with Gasteiger partial charge in [-0.25, -0.2) is 9.37 Å². The molecule has 0 radical (unpaired) electrons. The third-order valence-corrected chi connectivity index (χ3v) is 5.71. The Kier molecular flexibility index (Phi) is 5.75. The van der Waals surface area contributed by atoms with E-state index < -0.39 is 21.4 Å². The first-order chi connectivity index (χ1) is 15.5. The summed E-state index contributed by atoms with van der Waals surface area (Å²) in [4.78, 5) is 4.28. The maximum Gasteiger partial charge on any atom is 0.534 e. The molecule has 4 aromatic rings. The number of halogens is 4. The average Bonchev–Trinajstić information content (AvgIpc) is 3.06. The van der Waals surface area contributed by atoms with Crippen molar-refractivity contribution in [1.82, 2.24) is 9.55 Å². The third kappa shape index (κ3) is 4.77. The van der Waals surface area contributed by atoms with E-state index in [1.165, 1.54) is 18.2 Å². The highest BCUT2D eigenvalue weighted by Gasteiger charge is 2.48. The van der Waals surface area contributed by atoms with Crippen LogP contribution in [0.15, 0.2) is 66.7 Å². The molecule has 0 fully saturated rings. The van der Waals surface area contributed by atoms with Crippen LogP contribution in [0, 0.1) is 12.7 Å². The number of alkyl halides is 3. The first kappa shape index (κ1) is 22.6. The predicted molar refractivity (Wildman–Crippen MR) is 112 cm³/mol. The van der Waals surface area contributed by atoms with Crippen LogP contribution >= 0.6 is 0 Å². The lowest BCUT2D eigenvalue weighted by molar-refractivity contribution is -0.0500. The fourth-order valence-electron chi connectivity index (χ4n) is 3.15. The molecule has 0 atom stereocenters. The molecule has 11 heteroatoms. The standard InChI is InChI=1S/C22H16F4N2O4S/c1-14-27-21-19(23)3-2-4-20(21)28(14)13-15-5-7-16(8-6-15)31-17-9-11-18(12-10-17)32-33(29,30)22(24,25)26/h2-12H,13H2,1H3. The van der Waals surface area contributed by atoms with E-state index in [0.717, 1.165) is 17.7 Å². The minimum absolute atomic E-state index is 0.270. The maximum atomic E-state index is 14.0. The van der Waals surface area contributed by atoms with E-state index >= 15 is 0 Å². The lowest BCUT2D eigenvalue weighted by Gasteiger charge is -2.11. The van der Waals surface area contributed by atoms with Gasteiger partial charge in [-0.15, -0.1) is 0 Å². The van der Waals surface area contributed by atoms with Crippen molar-refractivity contribution < 1.29 is 34.9 Å². The number of benzene rings is 3. The summed E-state index contributed by atoms with van der Waals surface area (Å²) in [5, 5.41) is 0. The summed E-state index contributed by atoms with van der Waals surface area (Å²) in [7, 11) is -5.74. The fourth-order valence-corrected chi connectivity index (χ4v) is 3.61. The molecule has 0 saturated carbocycles. The SMILES string of the molecule is Cc1nc2c(F)cccc2n1Cc1ccc(Oc2ccc(OS(=O)(=O)C(F)(F)F)cc2)cc1. The van der Waals surface area contributed by atoms with Crippen molar-refractivity contribution in [1.29, 1.82) is 0 Å². The lowest BCUT2D eigenvalue weighted by Crippen LogP contribution is -2.27. The van der Waals surface area contributed by atoms with Gasteiger partial charge in [0.05, 0.1) is 5.52 Å². The molecule has 1 aromatic heterocycles. The zero-order valence-electron chi connectivity index (χ0n) is 17.0. The fraction of sp³-hybridized carbons (Fsp3) is 0.136. The number of hydrogen-bond acceptors (Lipinski definition) is 5. The molecule has 0 unspecified atom stereocenters. The second kappa shape index (κ2) is 8.39. The molecule has 0 amide bonds. The Balaban J connectivity index is 1.44. The lowest BCUT2D eigenvalue weighted by atomic mass is 10.2. The monoisotopic (exact) mass is 480 g/mol.